The van der Waals surface area contributed by atoms with Gasteiger partial charge in [-0.2, -0.15) is 11.8 Å². The van der Waals surface area contributed by atoms with E-state index in [2.05, 4.69) is 5.32 Å². The third-order valence-corrected chi connectivity index (χ3v) is 4.73. The summed E-state index contributed by atoms with van der Waals surface area (Å²) in [5.74, 6) is 2.46. The van der Waals surface area contributed by atoms with E-state index >= 15 is 0 Å². The average molecular weight is 272 g/mol. The van der Waals surface area contributed by atoms with E-state index < -0.39 is 0 Å². The van der Waals surface area contributed by atoms with Gasteiger partial charge in [-0.1, -0.05) is 0 Å². The van der Waals surface area contributed by atoms with Gasteiger partial charge in [-0.15, -0.1) is 0 Å². The Morgan fingerprint density at radius 1 is 1.50 bits per heavy atom. The highest BCUT2D eigenvalue weighted by Crippen LogP contribution is 2.15. The van der Waals surface area contributed by atoms with Crippen LogP contribution in [0.5, 0.6) is 0 Å². The van der Waals surface area contributed by atoms with Gasteiger partial charge >= 0.3 is 0 Å². The van der Waals surface area contributed by atoms with Gasteiger partial charge in [-0.3, -0.25) is 4.79 Å². The molecule has 0 aliphatic carbocycles. The first-order valence-electron chi connectivity index (χ1n) is 6.92. The molecule has 1 amide bonds. The third-order valence-electron chi connectivity index (χ3n) is 3.60. The molecule has 104 valence electrons. The van der Waals surface area contributed by atoms with Gasteiger partial charge in [-0.25, -0.2) is 0 Å². The number of carbonyl (C=O) groups is 1. The van der Waals surface area contributed by atoms with Crippen molar-refractivity contribution in [2.75, 3.05) is 38.2 Å². The Hall–Kier alpha value is -0.260. The monoisotopic (exact) mass is 272 g/mol. The van der Waals surface area contributed by atoms with Crippen LogP contribution in [0, 0.1) is 0 Å². The SMILES string of the molecule is CN(CC1CCCCO1)C(=O)CC1CSCCN1. The number of ether oxygens (including phenoxy) is 1. The second kappa shape index (κ2) is 7.36. The van der Waals surface area contributed by atoms with E-state index in [-0.39, 0.29) is 12.0 Å². The molecule has 2 rings (SSSR count). The summed E-state index contributed by atoms with van der Waals surface area (Å²) in [6, 6.07) is 0.353. The lowest BCUT2D eigenvalue weighted by molar-refractivity contribution is -0.132. The molecule has 0 aromatic rings. The number of thioether (sulfide) groups is 1. The van der Waals surface area contributed by atoms with Crippen molar-refractivity contribution >= 4 is 17.7 Å². The Bertz CT molecular complexity index is 264. The van der Waals surface area contributed by atoms with Crippen LogP contribution in [0.2, 0.25) is 0 Å². The van der Waals surface area contributed by atoms with Gasteiger partial charge in [0.15, 0.2) is 0 Å². The van der Waals surface area contributed by atoms with Gasteiger partial charge < -0.3 is 15.0 Å². The van der Waals surface area contributed by atoms with Crippen molar-refractivity contribution < 1.29 is 9.53 Å². The Balaban J connectivity index is 1.69. The molecular formula is C13H24N2O2S. The van der Waals surface area contributed by atoms with Gasteiger partial charge in [-0.05, 0) is 19.3 Å². The standard InChI is InChI=1S/C13H24N2O2S/c1-15(9-12-4-2-3-6-17-12)13(16)8-11-10-18-7-5-14-11/h11-12,14H,2-10H2,1H3. The molecule has 5 heteroatoms. The summed E-state index contributed by atoms with van der Waals surface area (Å²) in [4.78, 5) is 14.0. The van der Waals surface area contributed by atoms with Crippen LogP contribution in [0.3, 0.4) is 0 Å². The van der Waals surface area contributed by atoms with E-state index in [1.54, 1.807) is 0 Å². The van der Waals surface area contributed by atoms with Crippen molar-refractivity contribution in [3.63, 3.8) is 0 Å². The minimum absolute atomic E-state index is 0.240. The number of likely N-dealkylation sites (N-methyl/N-ethyl adjacent to an activating group) is 1. The summed E-state index contributed by atoms with van der Waals surface area (Å²) < 4.78 is 5.68. The maximum absolute atomic E-state index is 12.1. The molecule has 18 heavy (non-hydrogen) atoms. The average Bonchev–Trinajstić information content (AvgIpc) is 2.41. The van der Waals surface area contributed by atoms with Crippen LogP contribution >= 0.6 is 11.8 Å². The molecule has 0 bridgehead atoms. The molecule has 2 saturated heterocycles. The van der Waals surface area contributed by atoms with Crippen LogP contribution in [0.4, 0.5) is 0 Å². The molecule has 0 aromatic carbocycles. The number of carbonyl (C=O) groups excluding carboxylic acids is 1. The van der Waals surface area contributed by atoms with E-state index in [9.17, 15) is 4.79 Å². The van der Waals surface area contributed by atoms with Gasteiger partial charge in [0, 0.05) is 50.7 Å². The zero-order valence-corrected chi connectivity index (χ0v) is 12.0. The summed E-state index contributed by atoms with van der Waals surface area (Å²) in [6.07, 6.45) is 4.36. The summed E-state index contributed by atoms with van der Waals surface area (Å²) >= 11 is 1.93. The molecule has 2 heterocycles. The molecule has 2 aliphatic heterocycles. The maximum Gasteiger partial charge on any atom is 0.223 e. The molecule has 1 N–H and O–H groups in total. The van der Waals surface area contributed by atoms with Crippen LogP contribution < -0.4 is 5.32 Å². The number of nitrogens with one attached hydrogen (secondary N) is 1. The van der Waals surface area contributed by atoms with Crippen molar-refractivity contribution in [3.05, 3.63) is 0 Å². The van der Waals surface area contributed by atoms with E-state index in [1.807, 2.05) is 23.7 Å². The van der Waals surface area contributed by atoms with Crippen LogP contribution in [-0.2, 0) is 9.53 Å². The fourth-order valence-corrected chi connectivity index (χ4v) is 3.43. The smallest absolute Gasteiger partial charge is 0.223 e. The lowest BCUT2D eigenvalue weighted by Crippen LogP contribution is -2.43. The Morgan fingerprint density at radius 3 is 3.06 bits per heavy atom. The summed E-state index contributed by atoms with van der Waals surface area (Å²) in [5.41, 5.74) is 0. The number of rotatable bonds is 4. The minimum atomic E-state index is 0.240. The van der Waals surface area contributed by atoms with Crippen molar-refractivity contribution in [3.8, 4) is 0 Å². The van der Waals surface area contributed by atoms with Gasteiger partial charge in [0.05, 0.1) is 6.10 Å². The van der Waals surface area contributed by atoms with Crippen LogP contribution in [0.25, 0.3) is 0 Å². The maximum atomic E-state index is 12.1. The van der Waals surface area contributed by atoms with Crippen molar-refractivity contribution in [1.29, 1.82) is 0 Å². The first-order chi connectivity index (χ1) is 8.75. The highest BCUT2D eigenvalue weighted by atomic mass is 32.2. The number of amides is 1. The highest BCUT2D eigenvalue weighted by Gasteiger charge is 2.22. The number of nitrogens with zero attached hydrogens (tertiary/aromatic N) is 1. The summed E-state index contributed by atoms with van der Waals surface area (Å²) in [7, 11) is 1.90. The molecule has 2 fully saturated rings. The fraction of sp³-hybridized carbons (Fsp3) is 0.923. The molecule has 2 aliphatic rings. The van der Waals surface area contributed by atoms with Crippen LogP contribution in [-0.4, -0.2) is 61.2 Å². The van der Waals surface area contributed by atoms with E-state index in [4.69, 9.17) is 4.74 Å². The second-order valence-corrected chi connectivity index (χ2v) is 6.34. The summed E-state index contributed by atoms with van der Waals surface area (Å²) in [6.45, 7) is 2.63. The molecule has 0 aromatic heterocycles. The molecule has 2 atom stereocenters. The number of hydrogen-bond acceptors (Lipinski definition) is 4. The quantitative estimate of drug-likeness (QED) is 0.832. The summed E-state index contributed by atoms with van der Waals surface area (Å²) in [5, 5.41) is 3.41. The normalized spacial score (nSPS) is 28.9. The van der Waals surface area contributed by atoms with E-state index in [0.29, 0.717) is 12.5 Å². The molecule has 0 spiro atoms. The van der Waals surface area contributed by atoms with Crippen molar-refractivity contribution in [1.82, 2.24) is 10.2 Å². The topological polar surface area (TPSA) is 41.6 Å². The van der Waals surface area contributed by atoms with Crippen LogP contribution in [0.15, 0.2) is 0 Å². The van der Waals surface area contributed by atoms with Gasteiger partial charge in [0.1, 0.15) is 0 Å². The van der Waals surface area contributed by atoms with Crippen LogP contribution in [0.1, 0.15) is 25.7 Å². The second-order valence-electron chi connectivity index (χ2n) is 5.19. The van der Waals surface area contributed by atoms with E-state index in [0.717, 1.165) is 44.0 Å². The predicted octanol–water partition coefficient (Wildman–Crippen LogP) is 1.11. The zero-order valence-electron chi connectivity index (χ0n) is 11.2. The molecule has 0 saturated carbocycles. The predicted molar refractivity (Wildman–Crippen MR) is 75.0 cm³/mol. The molecular weight excluding hydrogens is 248 g/mol. The Kier molecular flexibility index (Phi) is 5.79. The highest BCUT2D eigenvalue weighted by molar-refractivity contribution is 7.99. The van der Waals surface area contributed by atoms with Crippen molar-refractivity contribution in [2.45, 2.75) is 37.8 Å². The third kappa shape index (κ3) is 4.44. The van der Waals surface area contributed by atoms with Crippen molar-refractivity contribution in [2.24, 2.45) is 0 Å². The zero-order chi connectivity index (χ0) is 12.8. The Labute approximate surface area is 114 Å². The van der Waals surface area contributed by atoms with E-state index in [1.165, 1.54) is 6.42 Å². The number of hydrogen-bond donors (Lipinski definition) is 1. The minimum Gasteiger partial charge on any atom is -0.376 e. The molecule has 2 unspecified atom stereocenters. The Morgan fingerprint density at radius 2 is 2.39 bits per heavy atom. The largest absolute Gasteiger partial charge is 0.376 e. The van der Waals surface area contributed by atoms with Gasteiger partial charge in [0.25, 0.3) is 0 Å². The fourth-order valence-electron chi connectivity index (χ4n) is 2.48. The first kappa shape index (κ1) is 14.2. The first-order valence-corrected chi connectivity index (χ1v) is 8.08. The lowest BCUT2D eigenvalue weighted by atomic mass is 10.1. The van der Waals surface area contributed by atoms with Gasteiger partial charge in [0.2, 0.25) is 5.91 Å². The molecule has 4 nitrogen and oxygen atoms in total. The lowest BCUT2D eigenvalue weighted by Gasteiger charge is -2.29. The molecule has 0 radical (unpaired) electrons.